The summed E-state index contributed by atoms with van der Waals surface area (Å²) in [5, 5.41) is 3.11. The molecule has 0 unspecified atom stereocenters. The lowest BCUT2D eigenvalue weighted by Gasteiger charge is -2.31. The van der Waals surface area contributed by atoms with Gasteiger partial charge in [-0.05, 0) is 31.7 Å². The number of fused-ring (bicyclic) bond motifs is 1. The smallest absolute Gasteiger partial charge is 0.287 e. The molecule has 168 valence electrons. The van der Waals surface area contributed by atoms with Crippen LogP contribution >= 0.6 is 0 Å². The fraction of sp³-hybridized carbons (Fsp3) is 0.478. The molecule has 1 aromatic carbocycles. The number of ether oxygens (including phenoxy) is 2. The van der Waals surface area contributed by atoms with Gasteiger partial charge < -0.3 is 24.3 Å². The van der Waals surface area contributed by atoms with Gasteiger partial charge in [-0.2, -0.15) is 0 Å². The Morgan fingerprint density at radius 1 is 1.06 bits per heavy atom. The van der Waals surface area contributed by atoms with Crippen LogP contribution in [0, 0.1) is 0 Å². The Morgan fingerprint density at radius 2 is 1.84 bits per heavy atom. The average Bonchev–Trinajstić information content (AvgIpc) is 3.27. The predicted molar refractivity (Wildman–Crippen MR) is 120 cm³/mol. The fourth-order valence-electron chi connectivity index (χ4n) is 4.46. The molecule has 3 heterocycles. The number of aryl methyl sites for hydroxylation is 1. The number of anilines is 1. The maximum atomic E-state index is 12.4. The van der Waals surface area contributed by atoms with E-state index in [1.54, 1.807) is 29.4 Å². The van der Waals surface area contributed by atoms with Gasteiger partial charge in [-0.1, -0.05) is 0 Å². The van der Waals surface area contributed by atoms with Crippen molar-refractivity contribution in [1.82, 2.24) is 24.8 Å². The molecule has 9 nitrogen and oxygen atoms in total. The SMILES string of the molecule is Cn1ccnc1C(=O)N[C@H]1CC[C@@H](Oc2cc(N3CCOCC3)cc3nccnc23)CC1. The van der Waals surface area contributed by atoms with E-state index >= 15 is 0 Å². The zero-order valence-electron chi connectivity index (χ0n) is 18.2. The first kappa shape index (κ1) is 20.7. The van der Waals surface area contributed by atoms with Gasteiger partial charge in [0.05, 0.1) is 24.8 Å². The second-order valence-electron chi connectivity index (χ2n) is 8.39. The minimum Gasteiger partial charge on any atom is -0.488 e. The van der Waals surface area contributed by atoms with E-state index in [1.165, 1.54) is 0 Å². The minimum atomic E-state index is -0.124. The highest BCUT2D eigenvalue weighted by atomic mass is 16.5. The molecule has 0 radical (unpaired) electrons. The fourth-order valence-corrected chi connectivity index (χ4v) is 4.46. The number of aromatic nitrogens is 4. The summed E-state index contributed by atoms with van der Waals surface area (Å²) in [6, 6.07) is 4.29. The standard InChI is InChI=1S/C23H28N6O3/c1-28-9-8-26-22(28)23(30)27-16-2-4-18(5-3-16)32-20-15-17(29-10-12-31-13-11-29)14-19-21(20)25-7-6-24-19/h6-9,14-16,18H,2-5,10-13H2,1H3,(H,27,30)/t16-,18+. The minimum absolute atomic E-state index is 0.0847. The number of carbonyl (C=O) groups excluding carboxylic acids is 1. The van der Waals surface area contributed by atoms with E-state index in [1.807, 2.05) is 7.05 Å². The van der Waals surface area contributed by atoms with Gasteiger partial charge in [0.2, 0.25) is 0 Å². The Morgan fingerprint density at radius 3 is 2.59 bits per heavy atom. The molecule has 1 amide bonds. The molecule has 2 fully saturated rings. The maximum absolute atomic E-state index is 12.4. The number of carbonyl (C=O) groups is 1. The first-order chi connectivity index (χ1) is 15.7. The van der Waals surface area contributed by atoms with E-state index in [0.29, 0.717) is 5.82 Å². The van der Waals surface area contributed by atoms with Crippen LogP contribution < -0.4 is 15.0 Å². The molecule has 32 heavy (non-hydrogen) atoms. The largest absolute Gasteiger partial charge is 0.488 e. The predicted octanol–water partition coefficient (Wildman–Crippen LogP) is 2.32. The monoisotopic (exact) mass is 436 g/mol. The topological polar surface area (TPSA) is 94.4 Å². The third-order valence-corrected chi connectivity index (χ3v) is 6.23. The summed E-state index contributed by atoms with van der Waals surface area (Å²) < 4.78 is 13.7. The first-order valence-corrected chi connectivity index (χ1v) is 11.2. The molecule has 9 heteroatoms. The van der Waals surface area contributed by atoms with Crippen molar-refractivity contribution in [2.24, 2.45) is 7.05 Å². The summed E-state index contributed by atoms with van der Waals surface area (Å²) in [5.41, 5.74) is 2.71. The number of hydrogen-bond donors (Lipinski definition) is 1. The van der Waals surface area contributed by atoms with E-state index < -0.39 is 0 Å². The number of nitrogens with one attached hydrogen (secondary N) is 1. The Hall–Kier alpha value is -3.20. The molecule has 5 rings (SSSR count). The third kappa shape index (κ3) is 4.38. The molecule has 1 N–H and O–H groups in total. The van der Waals surface area contributed by atoms with Crippen LogP contribution in [0.5, 0.6) is 5.75 Å². The molecule has 0 spiro atoms. The van der Waals surface area contributed by atoms with Crippen LogP contribution in [0.15, 0.2) is 36.9 Å². The van der Waals surface area contributed by atoms with E-state index in [9.17, 15) is 4.79 Å². The highest BCUT2D eigenvalue weighted by Crippen LogP contribution is 2.33. The number of benzene rings is 1. The quantitative estimate of drug-likeness (QED) is 0.656. The van der Waals surface area contributed by atoms with Gasteiger partial charge >= 0.3 is 0 Å². The van der Waals surface area contributed by atoms with Crippen molar-refractivity contribution in [3.05, 3.63) is 42.7 Å². The molecule has 1 aliphatic heterocycles. The van der Waals surface area contributed by atoms with Gasteiger partial charge in [-0.3, -0.25) is 9.78 Å². The summed E-state index contributed by atoms with van der Waals surface area (Å²) >= 11 is 0. The highest BCUT2D eigenvalue weighted by molar-refractivity contribution is 5.91. The summed E-state index contributed by atoms with van der Waals surface area (Å²) in [5.74, 6) is 1.09. The molecule has 0 atom stereocenters. The molecular weight excluding hydrogens is 408 g/mol. The molecule has 3 aromatic rings. The van der Waals surface area contributed by atoms with Gasteiger partial charge in [0, 0.05) is 62.7 Å². The third-order valence-electron chi connectivity index (χ3n) is 6.23. The molecule has 1 aliphatic carbocycles. The van der Waals surface area contributed by atoms with Crippen LogP contribution in [0.3, 0.4) is 0 Å². The van der Waals surface area contributed by atoms with Crippen LogP contribution in [-0.2, 0) is 11.8 Å². The van der Waals surface area contributed by atoms with Crippen molar-refractivity contribution in [2.45, 2.75) is 37.8 Å². The van der Waals surface area contributed by atoms with Crippen LogP contribution in [0.4, 0.5) is 5.69 Å². The summed E-state index contributed by atoms with van der Waals surface area (Å²) in [6.07, 6.45) is 10.4. The second-order valence-corrected chi connectivity index (χ2v) is 8.39. The molecule has 0 bridgehead atoms. The number of rotatable bonds is 5. The first-order valence-electron chi connectivity index (χ1n) is 11.2. The molecule has 1 saturated heterocycles. The summed E-state index contributed by atoms with van der Waals surface area (Å²) in [4.78, 5) is 27.9. The number of imidazole rings is 1. The van der Waals surface area contributed by atoms with Crippen molar-refractivity contribution in [3.63, 3.8) is 0 Å². The van der Waals surface area contributed by atoms with Crippen molar-refractivity contribution < 1.29 is 14.3 Å². The molecule has 1 saturated carbocycles. The summed E-state index contributed by atoms with van der Waals surface area (Å²) in [6.45, 7) is 3.16. The molecule has 2 aromatic heterocycles. The van der Waals surface area contributed by atoms with E-state index in [0.717, 1.165) is 74.5 Å². The van der Waals surface area contributed by atoms with Gasteiger partial charge in [0.1, 0.15) is 11.3 Å². The molecular formula is C23H28N6O3. The maximum Gasteiger partial charge on any atom is 0.287 e. The van der Waals surface area contributed by atoms with Crippen LogP contribution in [0.25, 0.3) is 11.0 Å². The van der Waals surface area contributed by atoms with Gasteiger partial charge in [0.15, 0.2) is 5.82 Å². The Labute approximate surface area is 186 Å². The van der Waals surface area contributed by atoms with E-state index in [-0.39, 0.29) is 18.1 Å². The Balaban J connectivity index is 1.26. The zero-order chi connectivity index (χ0) is 21.9. The lowest BCUT2D eigenvalue weighted by atomic mass is 9.93. The summed E-state index contributed by atoms with van der Waals surface area (Å²) in [7, 11) is 1.82. The Kier molecular flexibility index (Phi) is 5.89. The zero-order valence-corrected chi connectivity index (χ0v) is 18.2. The highest BCUT2D eigenvalue weighted by Gasteiger charge is 2.26. The molecule has 2 aliphatic rings. The van der Waals surface area contributed by atoms with Crippen molar-refractivity contribution >= 4 is 22.6 Å². The van der Waals surface area contributed by atoms with Crippen LogP contribution in [-0.4, -0.2) is 63.9 Å². The lowest BCUT2D eigenvalue weighted by Crippen LogP contribution is -2.40. The van der Waals surface area contributed by atoms with E-state index in [4.69, 9.17) is 9.47 Å². The normalized spacial score (nSPS) is 21.5. The second kappa shape index (κ2) is 9.12. The van der Waals surface area contributed by atoms with Crippen LogP contribution in [0.2, 0.25) is 0 Å². The number of hydrogen-bond acceptors (Lipinski definition) is 7. The van der Waals surface area contributed by atoms with Crippen molar-refractivity contribution in [3.8, 4) is 5.75 Å². The Bertz CT molecular complexity index is 1090. The van der Waals surface area contributed by atoms with Gasteiger partial charge in [-0.15, -0.1) is 0 Å². The lowest BCUT2D eigenvalue weighted by molar-refractivity contribution is 0.0882. The van der Waals surface area contributed by atoms with Gasteiger partial charge in [-0.25, -0.2) is 9.97 Å². The van der Waals surface area contributed by atoms with Gasteiger partial charge in [0.25, 0.3) is 5.91 Å². The van der Waals surface area contributed by atoms with E-state index in [2.05, 4.69) is 37.3 Å². The van der Waals surface area contributed by atoms with Crippen LogP contribution in [0.1, 0.15) is 36.3 Å². The average molecular weight is 437 g/mol. The van der Waals surface area contributed by atoms with Crippen molar-refractivity contribution in [2.75, 3.05) is 31.2 Å². The number of morpholine rings is 1. The number of amides is 1. The van der Waals surface area contributed by atoms with Crippen molar-refractivity contribution in [1.29, 1.82) is 0 Å². The number of nitrogens with zero attached hydrogens (tertiary/aromatic N) is 5.